The summed E-state index contributed by atoms with van der Waals surface area (Å²) in [6.45, 7) is 1.55. The van der Waals surface area contributed by atoms with Gasteiger partial charge in [-0.25, -0.2) is 13.8 Å². The first-order valence-electron chi connectivity index (χ1n) is 8.58. The van der Waals surface area contributed by atoms with E-state index in [1.54, 1.807) is 36.4 Å². The van der Waals surface area contributed by atoms with Gasteiger partial charge in [-0.05, 0) is 36.2 Å². The molecule has 1 aliphatic rings. The molecule has 8 nitrogen and oxygen atoms in total. The SMILES string of the molecule is O=C(CCc1ccc(S(=O)(=O)N2CCOCC2)cc1)N/N=C\c1ccco1. The Bertz CT molecular complexity index is 870. The molecule has 1 aliphatic heterocycles. The highest BCUT2D eigenvalue weighted by Gasteiger charge is 2.26. The van der Waals surface area contributed by atoms with Gasteiger partial charge >= 0.3 is 0 Å². The molecule has 0 radical (unpaired) electrons. The van der Waals surface area contributed by atoms with Crippen LogP contribution in [0.2, 0.25) is 0 Å². The Labute approximate surface area is 157 Å². The van der Waals surface area contributed by atoms with Crippen LogP contribution in [0.3, 0.4) is 0 Å². The minimum absolute atomic E-state index is 0.233. The molecule has 3 rings (SSSR count). The van der Waals surface area contributed by atoms with E-state index < -0.39 is 10.0 Å². The van der Waals surface area contributed by atoms with Crippen LogP contribution in [-0.2, 0) is 26.0 Å². The number of morpholine rings is 1. The third kappa shape index (κ3) is 5.25. The molecular weight excluding hydrogens is 370 g/mol. The maximum atomic E-state index is 12.6. The average Bonchev–Trinajstić information content (AvgIpc) is 3.21. The highest BCUT2D eigenvalue weighted by atomic mass is 32.2. The average molecular weight is 391 g/mol. The Kier molecular flexibility index (Phi) is 6.38. The number of nitrogens with zero attached hydrogens (tertiary/aromatic N) is 2. The van der Waals surface area contributed by atoms with Gasteiger partial charge in [0, 0.05) is 19.5 Å². The molecule has 0 unspecified atom stereocenters. The summed E-state index contributed by atoms with van der Waals surface area (Å²) in [5, 5.41) is 3.81. The monoisotopic (exact) mass is 391 g/mol. The molecule has 9 heteroatoms. The van der Waals surface area contributed by atoms with E-state index in [9.17, 15) is 13.2 Å². The Balaban J connectivity index is 1.50. The summed E-state index contributed by atoms with van der Waals surface area (Å²) in [7, 11) is -3.50. The zero-order chi connectivity index (χ0) is 19.1. The maximum absolute atomic E-state index is 12.6. The Hall–Kier alpha value is -2.49. The largest absolute Gasteiger partial charge is 0.463 e. The topological polar surface area (TPSA) is 101 Å². The van der Waals surface area contributed by atoms with Gasteiger partial charge in [0.15, 0.2) is 0 Å². The summed E-state index contributed by atoms with van der Waals surface area (Å²) in [6.07, 6.45) is 3.67. The molecule has 1 amide bonds. The first-order chi connectivity index (χ1) is 13.1. The number of hydrogen-bond acceptors (Lipinski definition) is 6. The minimum Gasteiger partial charge on any atom is -0.463 e. The van der Waals surface area contributed by atoms with Gasteiger partial charge in [0.25, 0.3) is 0 Å². The molecule has 1 aromatic carbocycles. The second-order valence-electron chi connectivity index (χ2n) is 5.97. The number of ether oxygens (including phenoxy) is 1. The summed E-state index contributed by atoms with van der Waals surface area (Å²) >= 11 is 0. The number of aryl methyl sites for hydroxylation is 1. The summed E-state index contributed by atoms with van der Waals surface area (Å²) < 4.78 is 36.8. The van der Waals surface area contributed by atoms with Crippen molar-refractivity contribution in [1.82, 2.24) is 9.73 Å². The first-order valence-corrected chi connectivity index (χ1v) is 10.0. The van der Waals surface area contributed by atoms with Crippen molar-refractivity contribution in [2.75, 3.05) is 26.3 Å². The van der Waals surface area contributed by atoms with Gasteiger partial charge < -0.3 is 9.15 Å². The molecule has 1 aromatic heterocycles. The summed E-state index contributed by atoms with van der Waals surface area (Å²) in [5.41, 5.74) is 3.30. The van der Waals surface area contributed by atoms with E-state index in [1.807, 2.05) is 0 Å². The van der Waals surface area contributed by atoms with Gasteiger partial charge in [-0.2, -0.15) is 9.41 Å². The second kappa shape index (κ2) is 8.94. The molecule has 0 aliphatic carbocycles. The van der Waals surface area contributed by atoms with E-state index in [2.05, 4.69) is 10.5 Å². The lowest BCUT2D eigenvalue weighted by Gasteiger charge is -2.26. The van der Waals surface area contributed by atoms with Crippen LogP contribution >= 0.6 is 0 Å². The van der Waals surface area contributed by atoms with E-state index in [1.165, 1.54) is 16.8 Å². The fourth-order valence-corrected chi connectivity index (χ4v) is 4.02. The lowest BCUT2D eigenvalue weighted by Crippen LogP contribution is -2.40. The zero-order valence-electron chi connectivity index (χ0n) is 14.7. The van der Waals surface area contributed by atoms with Crippen LogP contribution in [0.4, 0.5) is 0 Å². The van der Waals surface area contributed by atoms with E-state index in [0.29, 0.717) is 38.5 Å². The molecule has 144 valence electrons. The maximum Gasteiger partial charge on any atom is 0.243 e. The summed E-state index contributed by atoms with van der Waals surface area (Å²) in [5.74, 6) is 0.315. The summed E-state index contributed by atoms with van der Waals surface area (Å²) in [6, 6.07) is 10.1. The number of furan rings is 1. The van der Waals surface area contributed by atoms with Crippen molar-refractivity contribution >= 4 is 22.1 Å². The second-order valence-corrected chi connectivity index (χ2v) is 7.91. The normalized spacial score (nSPS) is 15.9. The van der Waals surface area contributed by atoms with Gasteiger partial charge in [-0.1, -0.05) is 12.1 Å². The molecule has 0 atom stereocenters. The summed E-state index contributed by atoms with van der Waals surface area (Å²) in [4.78, 5) is 12.1. The van der Waals surface area contributed by atoms with Crippen LogP contribution in [-0.4, -0.2) is 51.1 Å². The Morgan fingerprint density at radius 2 is 1.93 bits per heavy atom. The first kappa shape index (κ1) is 19.3. The highest BCUT2D eigenvalue weighted by molar-refractivity contribution is 7.89. The third-order valence-corrected chi connectivity index (χ3v) is 6.01. The fraction of sp³-hybridized carbons (Fsp3) is 0.333. The van der Waals surface area contributed by atoms with Crippen molar-refractivity contribution in [3.05, 3.63) is 54.0 Å². The van der Waals surface area contributed by atoms with Crippen LogP contribution in [0.5, 0.6) is 0 Å². The molecule has 0 saturated carbocycles. The van der Waals surface area contributed by atoms with E-state index in [-0.39, 0.29) is 17.2 Å². The number of hydrazone groups is 1. The molecule has 27 heavy (non-hydrogen) atoms. The van der Waals surface area contributed by atoms with E-state index in [4.69, 9.17) is 9.15 Å². The predicted molar refractivity (Wildman–Crippen MR) is 98.8 cm³/mol. The lowest BCUT2D eigenvalue weighted by atomic mass is 10.1. The van der Waals surface area contributed by atoms with Crippen LogP contribution in [0, 0.1) is 0 Å². The molecule has 2 heterocycles. The number of benzene rings is 1. The van der Waals surface area contributed by atoms with Crippen LogP contribution in [0.25, 0.3) is 0 Å². The van der Waals surface area contributed by atoms with Gasteiger partial charge in [-0.3, -0.25) is 4.79 Å². The van der Waals surface area contributed by atoms with Gasteiger partial charge in [0.05, 0.1) is 30.6 Å². The number of hydrogen-bond donors (Lipinski definition) is 1. The van der Waals surface area contributed by atoms with E-state index in [0.717, 1.165) is 5.56 Å². The molecule has 1 fully saturated rings. The minimum atomic E-state index is -3.50. The quantitative estimate of drug-likeness (QED) is 0.568. The van der Waals surface area contributed by atoms with Gasteiger partial charge in [0.1, 0.15) is 5.76 Å². The standard InChI is InChI=1S/C18H21N3O5S/c22-18(20-19-14-16-2-1-11-26-16)8-5-15-3-6-17(7-4-15)27(23,24)21-9-12-25-13-10-21/h1-4,6-7,11,14H,5,8-10,12-13H2,(H,20,22)/b19-14-. The lowest BCUT2D eigenvalue weighted by molar-refractivity contribution is -0.121. The van der Waals surface area contributed by atoms with Crippen molar-refractivity contribution < 1.29 is 22.4 Å². The van der Waals surface area contributed by atoms with Crippen molar-refractivity contribution in [3.63, 3.8) is 0 Å². The van der Waals surface area contributed by atoms with Crippen LogP contribution in [0.1, 0.15) is 17.7 Å². The van der Waals surface area contributed by atoms with Crippen molar-refractivity contribution in [1.29, 1.82) is 0 Å². The molecule has 1 N–H and O–H groups in total. The number of nitrogens with one attached hydrogen (secondary N) is 1. The number of carbonyl (C=O) groups is 1. The van der Waals surface area contributed by atoms with Crippen molar-refractivity contribution in [2.24, 2.45) is 5.10 Å². The predicted octanol–water partition coefficient (Wildman–Crippen LogP) is 1.38. The highest BCUT2D eigenvalue weighted by Crippen LogP contribution is 2.18. The van der Waals surface area contributed by atoms with E-state index >= 15 is 0 Å². The number of sulfonamides is 1. The zero-order valence-corrected chi connectivity index (χ0v) is 15.5. The molecule has 0 bridgehead atoms. The smallest absolute Gasteiger partial charge is 0.243 e. The van der Waals surface area contributed by atoms with Crippen molar-refractivity contribution in [2.45, 2.75) is 17.7 Å². The third-order valence-electron chi connectivity index (χ3n) is 4.10. The van der Waals surface area contributed by atoms with Gasteiger partial charge in [0.2, 0.25) is 15.9 Å². The van der Waals surface area contributed by atoms with Gasteiger partial charge in [-0.15, -0.1) is 0 Å². The fourth-order valence-electron chi connectivity index (χ4n) is 2.61. The molecule has 2 aromatic rings. The molecule has 1 saturated heterocycles. The number of rotatable bonds is 7. The van der Waals surface area contributed by atoms with Crippen LogP contribution in [0.15, 0.2) is 57.1 Å². The molecular formula is C18H21N3O5S. The number of carbonyl (C=O) groups excluding carboxylic acids is 1. The Morgan fingerprint density at radius 3 is 2.59 bits per heavy atom. The number of amides is 1. The van der Waals surface area contributed by atoms with Crippen molar-refractivity contribution in [3.8, 4) is 0 Å². The van der Waals surface area contributed by atoms with Crippen LogP contribution < -0.4 is 5.43 Å². The molecule has 0 spiro atoms. The Morgan fingerprint density at radius 1 is 1.19 bits per heavy atom.